The van der Waals surface area contributed by atoms with Crippen LogP contribution in [0.2, 0.25) is 0 Å². The summed E-state index contributed by atoms with van der Waals surface area (Å²) in [4.78, 5) is 12.6. The van der Waals surface area contributed by atoms with Crippen LogP contribution < -0.4 is 18.9 Å². The lowest BCUT2D eigenvalue weighted by molar-refractivity contribution is 0.0195. The lowest BCUT2D eigenvalue weighted by atomic mass is 9.83. The van der Waals surface area contributed by atoms with Gasteiger partial charge in [-0.2, -0.15) is 0 Å². The molecule has 10 heteroatoms. The number of epoxide rings is 1. The van der Waals surface area contributed by atoms with Gasteiger partial charge in [0.15, 0.2) is 0 Å². The van der Waals surface area contributed by atoms with Gasteiger partial charge >= 0.3 is 5.97 Å². The standard InChI is InChI=1S/C35H42O10/c1-39-18-27(36)19-40-31-14-16-32(17-15-31)42-21-28(37)20-41-29-8-2-24(3-9-29)25-4-12-33(13-5-25)45-35(38)26-6-10-30(11-7-26)43-22-34-23-44-34/h2-3,6-11,14-17,25,27-28,33-34,36-37H,4-5,12-13,18-23H2,1H3. The first kappa shape index (κ1) is 32.6. The van der Waals surface area contributed by atoms with E-state index in [1.165, 1.54) is 12.7 Å². The van der Waals surface area contributed by atoms with Crippen molar-refractivity contribution in [3.63, 3.8) is 0 Å². The number of benzene rings is 3. The second kappa shape index (κ2) is 16.5. The zero-order valence-electron chi connectivity index (χ0n) is 25.5. The number of hydrogen-bond donors (Lipinski definition) is 2. The van der Waals surface area contributed by atoms with E-state index in [9.17, 15) is 15.0 Å². The van der Waals surface area contributed by atoms with Crippen LogP contribution in [0.25, 0.3) is 0 Å². The highest BCUT2D eigenvalue weighted by Crippen LogP contribution is 2.35. The summed E-state index contributed by atoms with van der Waals surface area (Å²) in [5.41, 5.74) is 1.75. The molecule has 1 heterocycles. The van der Waals surface area contributed by atoms with E-state index < -0.39 is 12.2 Å². The van der Waals surface area contributed by atoms with Gasteiger partial charge in [0.2, 0.25) is 0 Å². The highest BCUT2D eigenvalue weighted by Gasteiger charge is 2.26. The monoisotopic (exact) mass is 622 g/mol. The van der Waals surface area contributed by atoms with Gasteiger partial charge in [0, 0.05) is 7.11 Å². The summed E-state index contributed by atoms with van der Waals surface area (Å²) in [6.07, 6.45) is 2.10. The molecule has 5 rings (SSSR count). The molecule has 3 unspecified atom stereocenters. The number of methoxy groups -OCH3 is 1. The second-order valence-corrected chi connectivity index (χ2v) is 11.4. The number of rotatable bonds is 17. The summed E-state index contributed by atoms with van der Waals surface area (Å²) < 4.78 is 38.4. The average Bonchev–Trinajstić information content (AvgIpc) is 3.91. The lowest BCUT2D eigenvalue weighted by Crippen LogP contribution is -2.25. The number of esters is 1. The molecule has 0 radical (unpaired) electrons. The van der Waals surface area contributed by atoms with Crippen LogP contribution in [0, 0.1) is 0 Å². The normalized spacial score (nSPS) is 20.5. The Morgan fingerprint density at radius 3 is 1.69 bits per heavy atom. The van der Waals surface area contributed by atoms with Crippen molar-refractivity contribution in [2.45, 2.75) is 56.0 Å². The summed E-state index contributed by atoms with van der Waals surface area (Å²) in [7, 11) is 1.52. The molecular weight excluding hydrogens is 580 g/mol. The van der Waals surface area contributed by atoms with Gasteiger partial charge in [0.05, 0.1) is 18.8 Å². The molecule has 242 valence electrons. The third-order valence-corrected chi connectivity index (χ3v) is 7.74. The van der Waals surface area contributed by atoms with E-state index in [0.29, 0.717) is 41.1 Å². The van der Waals surface area contributed by atoms with Gasteiger partial charge in [-0.3, -0.25) is 0 Å². The van der Waals surface area contributed by atoms with Crippen molar-refractivity contribution in [1.29, 1.82) is 0 Å². The van der Waals surface area contributed by atoms with E-state index >= 15 is 0 Å². The fraction of sp³-hybridized carbons (Fsp3) is 0.457. The fourth-order valence-electron chi connectivity index (χ4n) is 5.11. The molecule has 1 aliphatic carbocycles. The first-order valence-electron chi connectivity index (χ1n) is 15.4. The van der Waals surface area contributed by atoms with Crippen molar-refractivity contribution in [2.75, 3.05) is 46.8 Å². The highest BCUT2D eigenvalue weighted by atomic mass is 16.6. The van der Waals surface area contributed by atoms with Crippen LogP contribution in [0.1, 0.15) is 47.5 Å². The fourth-order valence-corrected chi connectivity index (χ4v) is 5.11. The Kier molecular flexibility index (Phi) is 11.9. The van der Waals surface area contributed by atoms with Crippen LogP contribution in [-0.4, -0.2) is 87.3 Å². The minimum absolute atomic E-state index is 0.0780. The molecular formula is C35H42O10. The Labute approximate surface area is 263 Å². The van der Waals surface area contributed by atoms with E-state index in [1.54, 1.807) is 48.5 Å². The minimum atomic E-state index is -0.809. The van der Waals surface area contributed by atoms with Crippen LogP contribution in [0.5, 0.6) is 23.0 Å². The van der Waals surface area contributed by atoms with Gasteiger partial charge in [-0.15, -0.1) is 0 Å². The van der Waals surface area contributed by atoms with Gasteiger partial charge in [-0.1, -0.05) is 12.1 Å². The molecule has 1 saturated carbocycles. The number of aliphatic hydroxyl groups is 2. The maximum Gasteiger partial charge on any atom is 0.338 e. The predicted molar refractivity (Wildman–Crippen MR) is 165 cm³/mol. The van der Waals surface area contributed by atoms with Crippen LogP contribution in [0.4, 0.5) is 0 Å². The largest absolute Gasteiger partial charge is 0.491 e. The first-order valence-corrected chi connectivity index (χ1v) is 15.4. The molecule has 1 aliphatic heterocycles. The van der Waals surface area contributed by atoms with Gasteiger partial charge in [0.1, 0.15) is 73.8 Å². The highest BCUT2D eigenvalue weighted by molar-refractivity contribution is 5.89. The molecule has 1 saturated heterocycles. The van der Waals surface area contributed by atoms with Crippen LogP contribution in [0.3, 0.4) is 0 Å². The predicted octanol–water partition coefficient (Wildman–Crippen LogP) is 4.55. The molecule has 2 N–H and O–H groups in total. The molecule has 10 nitrogen and oxygen atoms in total. The van der Waals surface area contributed by atoms with Crippen LogP contribution in [0.15, 0.2) is 72.8 Å². The maximum atomic E-state index is 12.6. The Bertz CT molecular complexity index is 1300. The Hall–Kier alpha value is -3.83. The van der Waals surface area contributed by atoms with E-state index in [0.717, 1.165) is 32.3 Å². The molecule has 3 atom stereocenters. The molecule has 0 spiro atoms. The van der Waals surface area contributed by atoms with E-state index in [-0.39, 0.29) is 44.6 Å². The van der Waals surface area contributed by atoms with Crippen molar-refractivity contribution in [3.8, 4) is 23.0 Å². The number of ether oxygens (including phenoxy) is 7. The summed E-state index contributed by atoms with van der Waals surface area (Å²) in [5.74, 6) is 2.67. The van der Waals surface area contributed by atoms with Crippen LogP contribution >= 0.6 is 0 Å². The molecule has 45 heavy (non-hydrogen) atoms. The topological polar surface area (TPSA) is 125 Å². The Morgan fingerprint density at radius 2 is 1.18 bits per heavy atom. The first-order chi connectivity index (χ1) is 21.9. The molecule has 3 aromatic rings. The number of carbonyl (C=O) groups is 1. The van der Waals surface area contributed by atoms with Gasteiger partial charge in [0.25, 0.3) is 0 Å². The zero-order valence-corrected chi connectivity index (χ0v) is 25.5. The Morgan fingerprint density at radius 1 is 0.711 bits per heavy atom. The lowest BCUT2D eigenvalue weighted by Gasteiger charge is -2.28. The minimum Gasteiger partial charge on any atom is -0.491 e. The van der Waals surface area contributed by atoms with E-state index in [4.69, 9.17) is 33.2 Å². The van der Waals surface area contributed by atoms with Crippen LogP contribution in [-0.2, 0) is 14.2 Å². The van der Waals surface area contributed by atoms with Gasteiger partial charge in [-0.05, 0) is 97.8 Å². The molecule has 0 aromatic heterocycles. The van der Waals surface area contributed by atoms with Crippen molar-refractivity contribution in [2.24, 2.45) is 0 Å². The van der Waals surface area contributed by atoms with Crippen molar-refractivity contribution in [1.82, 2.24) is 0 Å². The number of aliphatic hydroxyl groups excluding tert-OH is 2. The molecule has 2 aliphatic rings. The third-order valence-electron chi connectivity index (χ3n) is 7.74. The molecule has 0 bridgehead atoms. The Balaban J connectivity index is 0.969. The summed E-state index contributed by atoms with van der Waals surface area (Å²) in [6.45, 7) is 1.79. The number of carbonyl (C=O) groups excluding carboxylic acids is 1. The average molecular weight is 623 g/mol. The molecule has 2 fully saturated rings. The van der Waals surface area contributed by atoms with Crippen molar-refractivity contribution < 1.29 is 48.2 Å². The van der Waals surface area contributed by atoms with E-state index in [1.807, 2.05) is 12.1 Å². The quantitative estimate of drug-likeness (QED) is 0.164. The van der Waals surface area contributed by atoms with Gasteiger partial charge < -0.3 is 43.4 Å². The SMILES string of the molecule is COCC(O)COc1ccc(OCC(O)COc2ccc(C3CCC(OC(=O)c4ccc(OCC5CO5)cc4)CC3)cc2)cc1. The third kappa shape index (κ3) is 10.6. The molecule has 0 amide bonds. The summed E-state index contributed by atoms with van der Waals surface area (Å²) in [5, 5.41) is 20.0. The van der Waals surface area contributed by atoms with Crippen molar-refractivity contribution in [3.05, 3.63) is 83.9 Å². The van der Waals surface area contributed by atoms with Crippen molar-refractivity contribution >= 4 is 5.97 Å². The smallest absolute Gasteiger partial charge is 0.338 e. The van der Waals surface area contributed by atoms with Gasteiger partial charge in [-0.25, -0.2) is 4.79 Å². The summed E-state index contributed by atoms with van der Waals surface area (Å²) in [6, 6.07) is 22.0. The second-order valence-electron chi connectivity index (χ2n) is 11.4. The maximum absolute atomic E-state index is 12.6. The summed E-state index contributed by atoms with van der Waals surface area (Å²) >= 11 is 0. The van der Waals surface area contributed by atoms with E-state index in [2.05, 4.69) is 12.1 Å². The number of hydrogen-bond acceptors (Lipinski definition) is 10. The molecule has 3 aromatic carbocycles. The zero-order chi connectivity index (χ0) is 31.4.